The second kappa shape index (κ2) is 4.82. The van der Waals surface area contributed by atoms with E-state index in [9.17, 15) is 18.0 Å². The number of nitrogens with zero attached hydrogens (tertiary/aromatic N) is 2. The summed E-state index contributed by atoms with van der Waals surface area (Å²) in [4.78, 5) is 10.9. The minimum atomic E-state index is -4.49. The summed E-state index contributed by atoms with van der Waals surface area (Å²) in [7, 11) is 0. The van der Waals surface area contributed by atoms with Crippen LogP contribution in [-0.4, -0.2) is 20.9 Å². The van der Waals surface area contributed by atoms with Gasteiger partial charge in [0.15, 0.2) is 5.69 Å². The number of hydrogen-bond donors (Lipinski definition) is 1. The fourth-order valence-electron chi connectivity index (χ4n) is 1.69. The number of aromatic nitrogens is 2. The molecule has 0 radical (unpaired) electrons. The highest BCUT2D eigenvalue weighted by molar-refractivity contribution is 6.33. The minimum absolute atomic E-state index is 0.0896. The van der Waals surface area contributed by atoms with E-state index in [-0.39, 0.29) is 16.4 Å². The van der Waals surface area contributed by atoms with Crippen molar-refractivity contribution in [3.05, 3.63) is 46.2 Å². The summed E-state index contributed by atoms with van der Waals surface area (Å²) in [5, 5.41) is 12.5. The minimum Gasteiger partial charge on any atom is -0.476 e. The molecular weight excluding hydrogens is 297 g/mol. The maximum absolute atomic E-state index is 12.6. The van der Waals surface area contributed by atoms with Crippen LogP contribution in [0.3, 0.4) is 0 Å². The van der Waals surface area contributed by atoms with Crippen molar-refractivity contribution in [1.82, 2.24) is 9.78 Å². The van der Waals surface area contributed by atoms with E-state index in [4.69, 9.17) is 16.7 Å². The first kappa shape index (κ1) is 14.4. The summed E-state index contributed by atoms with van der Waals surface area (Å²) >= 11 is 5.80. The van der Waals surface area contributed by atoms with E-state index >= 15 is 0 Å². The summed E-state index contributed by atoms with van der Waals surface area (Å²) in [5.74, 6) is -1.34. The maximum atomic E-state index is 12.6. The summed E-state index contributed by atoms with van der Waals surface area (Å²) in [5.41, 5.74) is -0.908. The normalized spacial score (nSPS) is 11.7. The van der Waals surface area contributed by atoms with E-state index in [1.807, 2.05) is 0 Å². The third-order valence-electron chi connectivity index (χ3n) is 2.66. The number of hydrogen-bond acceptors (Lipinski definition) is 2. The molecule has 0 amide bonds. The topological polar surface area (TPSA) is 55.1 Å². The van der Waals surface area contributed by atoms with Crippen LogP contribution in [0.2, 0.25) is 5.02 Å². The first-order valence-electron chi connectivity index (χ1n) is 5.38. The van der Waals surface area contributed by atoms with Crippen molar-refractivity contribution in [3.63, 3.8) is 0 Å². The number of carboxylic acids is 1. The van der Waals surface area contributed by atoms with E-state index in [0.29, 0.717) is 0 Å². The fourth-order valence-corrected chi connectivity index (χ4v) is 1.88. The van der Waals surface area contributed by atoms with Gasteiger partial charge in [-0.2, -0.15) is 18.3 Å². The molecule has 4 nitrogen and oxygen atoms in total. The summed E-state index contributed by atoms with van der Waals surface area (Å²) in [6.07, 6.45) is -4.49. The Balaban J connectivity index is 2.58. The Labute approximate surface area is 116 Å². The quantitative estimate of drug-likeness (QED) is 0.923. The number of carboxylic acid groups (broad SMARTS) is 1. The van der Waals surface area contributed by atoms with Gasteiger partial charge in [0.25, 0.3) is 0 Å². The van der Waals surface area contributed by atoms with Gasteiger partial charge >= 0.3 is 12.1 Å². The van der Waals surface area contributed by atoms with Gasteiger partial charge in [0.2, 0.25) is 0 Å². The van der Waals surface area contributed by atoms with Gasteiger partial charge in [0, 0.05) is 0 Å². The van der Waals surface area contributed by atoms with E-state index < -0.39 is 23.4 Å². The smallest absolute Gasteiger partial charge is 0.416 e. The Morgan fingerprint density at radius 2 is 2.05 bits per heavy atom. The number of aromatic carboxylic acids is 1. The lowest BCUT2D eigenvalue weighted by Gasteiger charge is -2.09. The zero-order chi connectivity index (χ0) is 15.1. The van der Waals surface area contributed by atoms with Crippen LogP contribution < -0.4 is 0 Å². The molecule has 2 rings (SSSR count). The average molecular weight is 305 g/mol. The summed E-state index contributed by atoms with van der Waals surface area (Å²) in [6.45, 7) is 1.47. The zero-order valence-corrected chi connectivity index (χ0v) is 10.8. The van der Waals surface area contributed by atoms with Crippen LogP contribution in [-0.2, 0) is 6.18 Å². The Hall–Kier alpha value is -2.02. The van der Waals surface area contributed by atoms with E-state index in [1.165, 1.54) is 19.1 Å². The van der Waals surface area contributed by atoms with Crippen molar-refractivity contribution in [2.75, 3.05) is 0 Å². The second-order valence-electron chi connectivity index (χ2n) is 4.01. The predicted octanol–water partition coefficient (Wildman–Crippen LogP) is 3.55. The summed E-state index contributed by atoms with van der Waals surface area (Å²) < 4.78 is 39.0. The largest absolute Gasteiger partial charge is 0.476 e. The van der Waals surface area contributed by atoms with Crippen molar-refractivity contribution >= 4 is 17.6 Å². The highest BCUT2D eigenvalue weighted by Gasteiger charge is 2.31. The van der Waals surface area contributed by atoms with E-state index in [2.05, 4.69) is 5.10 Å². The number of rotatable bonds is 2. The van der Waals surface area contributed by atoms with Crippen LogP contribution in [0.1, 0.15) is 21.7 Å². The fraction of sp³-hybridized carbons (Fsp3) is 0.167. The molecule has 8 heteroatoms. The SMILES string of the molecule is Cc1c(Cl)c(C(=O)O)nn1-c1cccc(C(F)(F)F)c1. The van der Waals surface area contributed by atoms with Crippen LogP contribution in [0.25, 0.3) is 5.69 Å². The van der Waals surface area contributed by atoms with Crippen LogP contribution in [0.4, 0.5) is 13.2 Å². The van der Waals surface area contributed by atoms with Crippen molar-refractivity contribution in [1.29, 1.82) is 0 Å². The van der Waals surface area contributed by atoms with Crippen molar-refractivity contribution in [2.45, 2.75) is 13.1 Å². The molecule has 1 aromatic heterocycles. The molecule has 20 heavy (non-hydrogen) atoms. The molecule has 0 aliphatic heterocycles. The molecule has 0 fully saturated rings. The molecule has 0 saturated heterocycles. The molecule has 1 aromatic carbocycles. The van der Waals surface area contributed by atoms with Gasteiger partial charge in [-0.3, -0.25) is 0 Å². The molecule has 0 spiro atoms. The molecule has 0 aliphatic rings. The van der Waals surface area contributed by atoms with E-state index in [1.54, 1.807) is 0 Å². The molecular formula is C12H8ClF3N2O2. The Bertz CT molecular complexity index is 680. The van der Waals surface area contributed by atoms with Gasteiger partial charge in [-0.05, 0) is 25.1 Å². The number of halogens is 4. The number of benzene rings is 1. The second-order valence-corrected chi connectivity index (χ2v) is 4.39. The van der Waals surface area contributed by atoms with E-state index in [0.717, 1.165) is 16.8 Å². The monoisotopic (exact) mass is 304 g/mol. The van der Waals surface area contributed by atoms with Gasteiger partial charge < -0.3 is 5.11 Å². The average Bonchev–Trinajstić information content (AvgIpc) is 2.66. The molecule has 0 unspecified atom stereocenters. The predicted molar refractivity (Wildman–Crippen MR) is 65.3 cm³/mol. The third kappa shape index (κ3) is 2.49. The lowest BCUT2D eigenvalue weighted by atomic mass is 10.2. The highest BCUT2D eigenvalue weighted by Crippen LogP contribution is 2.31. The first-order chi connectivity index (χ1) is 9.21. The molecule has 106 valence electrons. The Morgan fingerprint density at radius 3 is 2.55 bits per heavy atom. The van der Waals surface area contributed by atoms with Crippen LogP contribution in [0.5, 0.6) is 0 Å². The van der Waals surface area contributed by atoms with Gasteiger partial charge in [0.1, 0.15) is 0 Å². The molecule has 2 aromatic rings. The molecule has 1 heterocycles. The Kier molecular flexibility index (Phi) is 3.47. The lowest BCUT2D eigenvalue weighted by molar-refractivity contribution is -0.137. The maximum Gasteiger partial charge on any atom is 0.416 e. The van der Waals surface area contributed by atoms with Crippen molar-refractivity contribution in [2.24, 2.45) is 0 Å². The van der Waals surface area contributed by atoms with Gasteiger partial charge in [0.05, 0.1) is 22.0 Å². The van der Waals surface area contributed by atoms with Gasteiger partial charge in [-0.15, -0.1) is 0 Å². The van der Waals surface area contributed by atoms with Gasteiger partial charge in [-0.25, -0.2) is 9.48 Å². The number of carbonyl (C=O) groups is 1. The van der Waals surface area contributed by atoms with Crippen LogP contribution >= 0.6 is 11.6 Å². The summed E-state index contributed by atoms with van der Waals surface area (Å²) in [6, 6.07) is 4.40. The highest BCUT2D eigenvalue weighted by atomic mass is 35.5. The van der Waals surface area contributed by atoms with Gasteiger partial charge in [-0.1, -0.05) is 17.7 Å². The molecule has 0 aliphatic carbocycles. The molecule has 0 atom stereocenters. The molecule has 1 N–H and O–H groups in total. The molecule has 0 saturated carbocycles. The molecule has 0 bridgehead atoms. The number of alkyl halides is 3. The first-order valence-corrected chi connectivity index (χ1v) is 5.75. The lowest BCUT2D eigenvalue weighted by Crippen LogP contribution is -2.07. The van der Waals surface area contributed by atoms with Crippen LogP contribution in [0.15, 0.2) is 24.3 Å². The van der Waals surface area contributed by atoms with Crippen LogP contribution in [0, 0.1) is 6.92 Å². The van der Waals surface area contributed by atoms with Crippen molar-refractivity contribution in [3.8, 4) is 5.69 Å². The standard InChI is InChI=1S/C12H8ClF3N2O2/c1-6-9(13)10(11(19)20)17-18(6)8-4-2-3-7(5-8)12(14,15)16/h2-5H,1H3,(H,19,20). The Morgan fingerprint density at radius 1 is 1.40 bits per heavy atom. The third-order valence-corrected chi connectivity index (χ3v) is 3.12. The van der Waals surface area contributed by atoms with Crippen molar-refractivity contribution < 1.29 is 23.1 Å². The zero-order valence-electron chi connectivity index (χ0n) is 10.1.